The molecule has 1 amide bonds. The molecule has 0 aromatic heterocycles. The van der Waals surface area contributed by atoms with Crippen LogP contribution in [0.3, 0.4) is 0 Å². The summed E-state index contributed by atoms with van der Waals surface area (Å²) in [6.07, 6.45) is 3.78. The van der Waals surface area contributed by atoms with E-state index < -0.39 is 18.3 Å². The highest BCUT2D eigenvalue weighted by molar-refractivity contribution is 5.86. The van der Waals surface area contributed by atoms with Gasteiger partial charge in [0.1, 0.15) is 18.2 Å². The molecule has 240 valence electrons. The third kappa shape index (κ3) is 6.15. The molecule has 0 aromatic carbocycles. The molecule has 5 fully saturated rings. The summed E-state index contributed by atoms with van der Waals surface area (Å²) < 4.78 is 40.0. The maximum Gasteiger partial charge on any atom is 0.405 e. The van der Waals surface area contributed by atoms with Gasteiger partial charge in [-0.25, -0.2) is 0 Å². The van der Waals surface area contributed by atoms with Crippen molar-refractivity contribution in [2.24, 2.45) is 29.6 Å². The molecule has 3 heterocycles. The van der Waals surface area contributed by atoms with E-state index in [1.807, 2.05) is 16.8 Å². The van der Waals surface area contributed by atoms with Gasteiger partial charge in [0, 0.05) is 34.2 Å². The molecule has 3 aliphatic heterocycles. The van der Waals surface area contributed by atoms with Gasteiger partial charge in [-0.1, -0.05) is 26.7 Å². The zero-order chi connectivity index (χ0) is 30.5. The molecule has 12 heteroatoms. The van der Waals surface area contributed by atoms with Crippen LogP contribution < -0.4 is 16.0 Å². The second-order valence-corrected chi connectivity index (χ2v) is 14.3. The highest BCUT2D eigenvalue weighted by Gasteiger charge is 2.54. The minimum Gasteiger partial charge on any atom is -0.347 e. The van der Waals surface area contributed by atoms with Crippen molar-refractivity contribution in [3.63, 3.8) is 0 Å². The Labute approximate surface area is 249 Å². The number of hydrogen-bond acceptors (Lipinski definition) is 6. The Morgan fingerprint density at radius 2 is 1.67 bits per heavy atom. The highest BCUT2D eigenvalue weighted by Crippen LogP contribution is 2.40. The zero-order valence-electron chi connectivity index (χ0n) is 26.3. The smallest absolute Gasteiger partial charge is 0.347 e. The summed E-state index contributed by atoms with van der Waals surface area (Å²) in [5.41, 5.74) is 0. The Balaban J connectivity index is 1.29. The fourth-order valence-electron chi connectivity index (χ4n) is 8.81. The van der Waals surface area contributed by atoms with E-state index in [0.29, 0.717) is 29.6 Å². The van der Waals surface area contributed by atoms with Crippen molar-refractivity contribution < 1.29 is 18.0 Å². The number of nitrogens with zero attached hydrogens (tertiary/aromatic N) is 4. The summed E-state index contributed by atoms with van der Waals surface area (Å²) in [7, 11) is 7.32. The van der Waals surface area contributed by atoms with E-state index in [4.69, 9.17) is 5.41 Å². The number of guanidine groups is 1. The third-order valence-corrected chi connectivity index (χ3v) is 11.1. The van der Waals surface area contributed by atoms with Crippen LogP contribution in [-0.2, 0) is 4.79 Å². The number of alkyl halides is 3. The lowest BCUT2D eigenvalue weighted by Gasteiger charge is -2.49. The van der Waals surface area contributed by atoms with Crippen molar-refractivity contribution in [1.29, 1.82) is 5.41 Å². The number of fused-ring (bicyclic) bond motifs is 1. The van der Waals surface area contributed by atoms with Crippen LogP contribution in [0, 0.1) is 35.0 Å². The molecule has 5 aliphatic rings. The molecule has 0 bridgehead atoms. The van der Waals surface area contributed by atoms with E-state index >= 15 is 0 Å². The molecular formula is C30H53F3N8O. The number of carbonyl (C=O) groups is 1. The third-order valence-electron chi connectivity index (χ3n) is 11.1. The van der Waals surface area contributed by atoms with E-state index in [1.54, 1.807) is 26.0 Å². The van der Waals surface area contributed by atoms with Gasteiger partial charge in [0.05, 0.1) is 18.4 Å². The fraction of sp³-hybridized carbons (Fsp3) is 0.933. The Morgan fingerprint density at radius 3 is 2.26 bits per heavy atom. The monoisotopic (exact) mass is 598 g/mol. The highest BCUT2D eigenvalue weighted by atomic mass is 19.4. The van der Waals surface area contributed by atoms with Crippen LogP contribution in [0.1, 0.15) is 65.2 Å². The van der Waals surface area contributed by atoms with Crippen LogP contribution in [0.25, 0.3) is 0 Å². The summed E-state index contributed by atoms with van der Waals surface area (Å²) in [4.78, 5) is 21.2. The largest absolute Gasteiger partial charge is 0.405 e. The van der Waals surface area contributed by atoms with Gasteiger partial charge in [0.25, 0.3) is 0 Å². The maximum atomic E-state index is 13.5. The number of carbonyl (C=O) groups excluding carboxylic acids is 1. The molecule has 8 unspecified atom stereocenters. The van der Waals surface area contributed by atoms with Crippen molar-refractivity contribution in [1.82, 2.24) is 35.6 Å². The first-order chi connectivity index (χ1) is 19.8. The van der Waals surface area contributed by atoms with E-state index in [2.05, 4.69) is 34.7 Å². The summed E-state index contributed by atoms with van der Waals surface area (Å²) >= 11 is 0. The summed E-state index contributed by atoms with van der Waals surface area (Å²) in [5, 5.41) is 19.6. The van der Waals surface area contributed by atoms with Gasteiger partial charge < -0.3 is 14.7 Å². The topological polar surface area (TPSA) is 90.0 Å². The van der Waals surface area contributed by atoms with Crippen LogP contribution >= 0.6 is 0 Å². The lowest BCUT2D eigenvalue weighted by molar-refractivity contribution is -0.150. The molecular weight excluding hydrogens is 545 g/mol. The second kappa shape index (κ2) is 12.4. The molecule has 0 aromatic rings. The van der Waals surface area contributed by atoms with Gasteiger partial charge in [-0.2, -0.15) is 13.2 Å². The number of halogens is 3. The van der Waals surface area contributed by atoms with Gasteiger partial charge in [0.15, 0.2) is 5.96 Å². The molecule has 9 nitrogen and oxygen atoms in total. The van der Waals surface area contributed by atoms with Crippen LogP contribution in [0.5, 0.6) is 0 Å². The van der Waals surface area contributed by atoms with Gasteiger partial charge >= 0.3 is 6.18 Å². The van der Waals surface area contributed by atoms with Crippen LogP contribution in [0.4, 0.5) is 13.2 Å². The number of likely N-dealkylation sites (N-methyl/N-ethyl adjacent to an activating group) is 3. The Morgan fingerprint density at radius 1 is 1.00 bits per heavy atom. The average Bonchev–Trinajstić information content (AvgIpc) is 3.46. The zero-order valence-corrected chi connectivity index (χ0v) is 26.3. The predicted molar refractivity (Wildman–Crippen MR) is 157 cm³/mol. The summed E-state index contributed by atoms with van der Waals surface area (Å²) in [6.45, 7) is 5.33. The Hall–Kier alpha value is -1.63. The van der Waals surface area contributed by atoms with E-state index in [0.717, 1.165) is 38.6 Å². The Kier molecular flexibility index (Phi) is 9.38. The summed E-state index contributed by atoms with van der Waals surface area (Å²) in [5.74, 6) is 2.59. The second-order valence-electron chi connectivity index (χ2n) is 14.3. The lowest BCUT2D eigenvalue weighted by Crippen LogP contribution is -2.74. The molecule has 42 heavy (non-hydrogen) atoms. The number of hydrogen-bond donors (Lipinski definition) is 4. The molecule has 8 atom stereocenters. The summed E-state index contributed by atoms with van der Waals surface area (Å²) in [6, 6.07) is -2.07. The van der Waals surface area contributed by atoms with Gasteiger partial charge in [-0.3, -0.25) is 31.1 Å². The van der Waals surface area contributed by atoms with Crippen LogP contribution in [-0.4, -0.2) is 116 Å². The van der Waals surface area contributed by atoms with Crippen molar-refractivity contribution in [2.45, 2.75) is 108 Å². The molecule has 2 aliphatic carbocycles. The number of nitrogens with one attached hydrogen (secondary N) is 4. The van der Waals surface area contributed by atoms with Crippen molar-refractivity contribution >= 4 is 11.9 Å². The SMILES string of the molecule is CC(C)C1CCCCC1C1NC(C(=O)N(C)C)C2C(N1)N(CC1CCC(C3NC(C(F)(F)F)CN3C)CC1)C(=N)N2C. The molecule has 0 spiro atoms. The first-order valence-electron chi connectivity index (χ1n) is 16.1. The van der Waals surface area contributed by atoms with E-state index in [1.165, 1.54) is 19.3 Å². The van der Waals surface area contributed by atoms with Gasteiger partial charge in [-0.05, 0) is 75.2 Å². The average molecular weight is 599 g/mol. The quantitative estimate of drug-likeness (QED) is 0.374. The number of amides is 1. The molecule has 2 saturated carbocycles. The first-order valence-corrected chi connectivity index (χ1v) is 16.1. The van der Waals surface area contributed by atoms with Gasteiger partial charge in [0.2, 0.25) is 5.91 Å². The van der Waals surface area contributed by atoms with Crippen LogP contribution in [0.15, 0.2) is 0 Å². The standard InChI is InChI=1S/C30H53F3N8O/c1-17(2)20-9-7-8-10-21(20)25-36-23(28(42)38(3)4)24-27(37-25)41(29(34)40(24)6)15-18-11-13-19(14-12-18)26-35-22(16-39(26)5)30(31,32)33/h17-27,34-37H,7-16H2,1-6H3. The minimum atomic E-state index is -4.22. The Bertz CT molecular complexity index is 971. The van der Waals surface area contributed by atoms with E-state index in [9.17, 15) is 18.0 Å². The first kappa shape index (κ1) is 31.8. The number of rotatable bonds is 6. The van der Waals surface area contributed by atoms with Crippen LogP contribution in [0.2, 0.25) is 0 Å². The molecule has 4 N–H and O–H groups in total. The molecule has 0 radical (unpaired) electrons. The molecule has 5 rings (SSSR count). The minimum absolute atomic E-state index is 0.000800. The maximum absolute atomic E-state index is 13.5. The van der Waals surface area contributed by atoms with E-state index in [-0.39, 0.29) is 42.9 Å². The van der Waals surface area contributed by atoms with Crippen molar-refractivity contribution in [2.75, 3.05) is 41.3 Å². The molecule has 3 saturated heterocycles. The normalized spacial score (nSPS) is 40.1. The van der Waals surface area contributed by atoms with Gasteiger partial charge in [-0.15, -0.1) is 0 Å². The fourth-order valence-corrected chi connectivity index (χ4v) is 8.81. The van der Waals surface area contributed by atoms with Crippen molar-refractivity contribution in [3.8, 4) is 0 Å². The predicted octanol–water partition coefficient (Wildman–Crippen LogP) is 2.90. The lowest BCUT2D eigenvalue weighted by atomic mass is 9.71. The van der Waals surface area contributed by atoms with Crippen molar-refractivity contribution in [3.05, 3.63) is 0 Å².